The number of hydrogen-bond donors (Lipinski definition) is 1. The molecule has 7 nitrogen and oxygen atoms in total. The van der Waals surface area contributed by atoms with Crippen LogP contribution in [0, 0.1) is 5.82 Å². The van der Waals surface area contributed by atoms with Crippen LogP contribution in [-0.4, -0.2) is 47.0 Å². The SMILES string of the molecule is CNC(=O)C1c2cc3c(cc2OC1c1ccc(F)cc1)N(S(C)(=O)=O)CCOC3C(F)(F)F. The number of rotatable bonds is 3. The summed E-state index contributed by atoms with van der Waals surface area (Å²) >= 11 is 0. The van der Waals surface area contributed by atoms with Crippen LogP contribution < -0.4 is 14.4 Å². The van der Waals surface area contributed by atoms with E-state index in [1.54, 1.807) is 0 Å². The Morgan fingerprint density at radius 3 is 2.39 bits per heavy atom. The zero-order chi connectivity index (χ0) is 24.1. The number of fused-ring (bicyclic) bond motifs is 2. The Kier molecular flexibility index (Phi) is 5.77. The molecule has 0 spiro atoms. The minimum Gasteiger partial charge on any atom is -0.484 e. The summed E-state index contributed by atoms with van der Waals surface area (Å²) in [4.78, 5) is 12.7. The molecule has 0 aromatic heterocycles. The molecule has 0 saturated heterocycles. The van der Waals surface area contributed by atoms with Crippen molar-refractivity contribution in [3.8, 4) is 5.75 Å². The van der Waals surface area contributed by atoms with Crippen molar-refractivity contribution in [2.24, 2.45) is 0 Å². The van der Waals surface area contributed by atoms with Crippen molar-refractivity contribution in [2.45, 2.75) is 24.3 Å². The first-order valence-electron chi connectivity index (χ1n) is 9.89. The number of amides is 1. The fourth-order valence-electron chi connectivity index (χ4n) is 4.17. The number of nitrogens with zero attached hydrogens (tertiary/aromatic N) is 1. The van der Waals surface area contributed by atoms with Gasteiger partial charge in [0, 0.05) is 24.2 Å². The minimum atomic E-state index is -4.82. The first-order valence-corrected chi connectivity index (χ1v) is 11.7. The van der Waals surface area contributed by atoms with Crippen LogP contribution in [0.15, 0.2) is 36.4 Å². The van der Waals surface area contributed by atoms with Crippen molar-refractivity contribution in [3.63, 3.8) is 0 Å². The second-order valence-electron chi connectivity index (χ2n) is 7.76. The average Bonchev–Trinajstić information content (AvgIpc) is 2.97. The quantitative estimate of drug-likeness (QED) is 0.671. The summed E-state index contributed by atoms with van der Waals surface area (Å²) in [6.07, 6.45) is -7.29. The zero-order valence-corrected chi connectivity index (χ0v) is 18.3. The predicted molar refractivity (Wildman–Crippen MR) is 110 cm³/mol. The molecule has 2 aliphatic rings. The van der Waals surface area contributed by atoms with E-state index >= 15 is 0 Å². The first-order chi connectivity index (χ1) is 15.4. The molecule has 0 aliphatic carbocycles. The number of likely N-dealkylation sites (N-methyl/N-ethyl adjacent to an activating group) is 1. The van der Waals surface area contributed by atoms with Crippen molar-refractivity contribution < 1.29 is 40.2 Å². The van der Waals surface area contributed by atoms with Crippen molar-refractivity contribution in [2.75, 3.05) is 30.8 Å². The zero-order valence-electron chi connectivity index (χ0n) is 17.5. The Labute approximate surface area is 187 Å². The molecule has 0 saturated carbocycles. The molecule has 0 fully saturated rings. The van der Waals surface area contributed by atoms with E-state index in [9.17, 15) is 30.8 Å². The molecule has 3 atom stereocenters. The minimum absolute atomic E-state index is 0.0631. The van der Waals surface area contributed by atoms with Gasteiger partial charge < -0.3 is 14.8 Å². The number of benzene rings is 2. The van der Waals surface area contributed by atoms with Crippen LogP contribution in [0.4, 0.5) is 23.2 Å². The van der Waals surface area contributed by atoms with E-state index in [4.69, 9.17) is 9.47 Å². The molecule has 12 heteroatoms. The predicted octanol–water partition coefficient (Wildman–Crippen LogP) is 3.19. The lowest BCUT2D eigenvalue weighted by atomic mass is 9.88. The van der Waals surface area contributed by atoms with Gasteiger partial charge in [0.15, 0.2) is 6.10 Å². The molecule has 0 radical (unpaired) electrons. The number of alkyl halides is 3. The molecule has 3 unspecified atom stereocenters. The Morgan fingerprint density at radius 2 is 1.82 bits per heavy atom. The number of sulfonamides is 1. The molecule has 1 amide bonds. The highest BCUT2D eigenvalue weighted by atomic mass is 32.2. The van der Waals surface area contributed by atoms with E-state index in [0.717, 1.165) is 16.6 Å². The number of hydrogen-bond acceptors (Lipinski definition) is 5. The number of carbonyl (C=O) groups is 1. The fourth-order valence-corrected chi connectivity index (χ4v) is 5.09. The van der Waals surface area contributed by atoms with Gasteiger partial charge in [-0.3, -0.25) is 9.10 Å². The van der Waals surface area contributed by atoms with Crippen LogP contribution >= 0.6 is 0 Å². The smallest absolute Gasteiger partial charge is 0.418 e. The summed E-state index contributed by atoms with van der Waals surface area (Å²) in [5.74, 6) is -2.02. The standard InChI is InChI=1S/C21H20F4N2O5S/c1-26-20(28)17-14-9-13-15(10-16(14)32-18(17)11-3-5-12(22)6-4-11)27(33(2,29)30)7-8-31-19(13)21(23,24)25/h3-6,9-10,17-19H,7-8H2,1-2H3,(H,26,28). The van der Waals surface area contributed by atoms with Crippen LogP contribution in [0.1, 0.15) is 34.8 Å². The molecule has 2 aliphatic heterocycles. The second kappa shape index (κ2) is 8.17. The van der Waals surface area contributed by atoms with Crippen LogP contribution in [0.5, 0.6) is 5.75 Å². The molecular weight excluding hydrogens is 468 g/mol. The normalized spacial score (nSPS) is 22.7. The maximum absolute atomic E-state index is 13.8. The second-order valence-corrected chi connectivity index (χ2v) is 9.67. The van der Waals surface area contributed by atoms with E-state index in [1.807, 2.05) is 0 Å². The first kappa shape index (κ1) is 23.3. The Morgan fingerprint density at radius 1 is 1.15 bits per heavy atom. The van der Waals surface area contributed by atoms with Crippen LogP contribution in [-0.2, 0) is 19.6 Å². The molecule has 1 N–H and O–H groups in total. The van der Waals surface area contributed by atoms with Crippen LogP contribution in [0.25, 0.3) is 0 Å². The van der Waals surface area contributed by atoms with Gasteiger partial charge in [-0.25, -0.2) is 12.8 Å². The van der Waals surface area contributed by atoms with Gasteiger partial charge in [-0.05, 0) is 23.8 Å². The van der Waals surface area contributed by atoms with E-state index in [2.05, 4.69) is 5.32 Å². The van der Waals surface area contributed by atoms with Crippen molar-refractivity contribution in [1.29, 1.82) is 0 Å². The third kappa shape index (κ3) is 4.24. The Bertz CT molecular complexity index is 1180. The number of ether oxygens (including phenoxy) is 2. The highest BCUT2D eigenvalue weighted by Gasteiger charge is 2.48. The lowest BCUT2D eigenvalue weighted by Crippen LogP contribution is -2.32. The van der Waals surface area contributed by atoms with Crippen LogP contribution in [0.2, 0.25) is 0 Å². The number of anilines is 1. The van der Waals surface area contributed by atoms with Gasteiger partial charge >= 0.3 is 6.18 Å². The van der Waals surface area contributed by atoms with Crippen molar-refractivity contribution >= 4 is 21.6 Å². The Hall–Kier alpha value is -2.86. The van der Waals surface area contributed by atoms with E-state index in [0.29, 0.717) is 5.56 Å². The lowest BCUT2D eigenvalue weighted by molar-refractivity contribution is -0.221. The van der Waals surface area contributed by atoms with Gasteiger partial charge in [0.2, 0.25) is 15.9 Å². The van der Waals surface area contributed by atoms with Gasteiger partial charge in [-0.2, -0.15) is 13.2 Å². The Balaban J connectivity index is 1.92. The maximum atomic E-state index is 13.8. The van der Waals surface area contributed by atoms with E-state index < -0.39 is 58.2 Å². The van der Waals surface area contributed by atoms with Crippen molar-refractivity contribution in [3.05, 3.63) is 58.9 Å². The number of nitrogens with one attached hydrogen (secondary N) is 1. The van der Waals surface area contributed by atoms with Crippen LogP contribution in [0.3, 0.4) is 0 Å². The molecule has 0 bridgehead atoms. The summed E-state index contributed by atoms with van der Waals surface area (Å²) in [5, 5.41) is 2.47. The summed E-state index contributed by atoms with van der Waals surface area (Å²) in [5.41, 5.74) is -0.0801. The molecule has 2 heterocycles. The summed E-state index contributed by atoms with van der Waals surface area (Å²) in [6, 6.07) is 7.50. The third-order valence-corrected chi connectivity index (χ3v) is 6.79. The molecule has 2 aromatic carbocycles. The van der Waals surface area contributed by atoms with Gasteiger partial charge in [0.05, 0.1) is 25.1 Å². The lowest BCUT2D eigenvalue weighted by Gasteiger charge is -2.24. The summed E-state index contributed by atoms with van der Waals surface area (Å²) in [6.45, 7) is -0.800. The summed E-state index contributed by atoms with van der Waals surface area (Å²) in [7, 11) is -2.57. The number of halogens is 4. The van der Waals surface area contributed by atoms with Gasteiger partial charge in [-0.1, -0.05) is 12.1 Å². The van der Waals surface area contributed by atoms with Gasteiger partial charge in [-0.15, -0.1) is 0 Å². The van der Waals surface area contributed by atoms with E-state index in [-0.39, 0.29) is 23.5 Å². The fraction of sp³-hybridized carbons (Fsp3) is 0.381. The molecule has 4 rings (SSSR count). The number of carbonyl (C=O) groups excluding carboxylic acids is 1. The molecular formula is C21H20F4N2O5S. The van der Waals surface area contributed by atoms with Crippen molar-refractivity contribution in [1.82, 2.24) is 5.32 Å². The summed E-state index contributed by atoms with van der Waals surface area (Å²) < 4.78 is 91.4. The van der Waals surface area contributed by atoms with Gasteiger partial charge in [0.1, 0.15) is 23.6 Å². The highest BCUT2D eigenvalue weighted by molar-refractivity contribution is 7.92. The average molecular weight is 488 g/mol. The van der Waals surface area contributed by atoms with E-state index in [1.165, 1.54) is 37.4 Å². The molecule has 178 valence electrons. The third-order valence-electron chi connectivity index (χ3n) is 5.61. The monoisotopic (exact) mass is 488 g/mol. The molecule has 2 aromatic rings. The maximum Gasteiger partial charge on any atom is 0.418 e. The highest BCUT2D eigenvalue weighted by Crippen LogP contribution is 2.52. The topological polar surface area (TPSA) is 84.9 Å². The van der Waals surface area contributed by atoms with Gasteiger partial charge in [0.25, 0.3) is 0 Å². The molecule has 33 heavy (non-hydrogen) atoms. The largest absolute Gasteiger partial charge is 0.484 e.